The van der Waals surface area contributed by atoms with E-state index in [0.717, 1.165) is 44.9 Å². The molecule has 0 aliphatic heterocycles. The quantitative estimate of drug-likeness (QED) is 0.200. The van der Waals surface area contributed by atoms with Gasteiger partial charge in [-0.2, -0.15) is 0 Å². The molecule has 1 fully saturated rings. The van der Waals surface area contributed by atoms with Crippen LogP contribution in [0.15, 0.2) is 36.5 Å². The van der Waals surface area contributed by atoms with E-state index < -0.39 is 6.10 Å². The molecule has 0 aromatic heterocycles. The third kappa shape index (κ3) is 12.6. The fourth-order valence-electron chi connectivity index (χ4n) is 3.26. The van der Waals surface area contributed by atoms with Crippen LogP contribution in [0.25, 0.3) is 0 Å². The van der Waals surface area contributed by atoms with Crippen molar-refractivity contribution in [2.75, 3.05) is 7.11 Å². The van der Waals surface area contributed by atoms with Crippen LogP contribution in [0.1, 0.15) is 84.0 Å². The van der Waals surface area contributed by atoms with Crippen molar-refractivity contribution in [1.82, 2.24) is 0 Å². The first-order valence-electron chi connectivity index (χ1n) is 10.9. The molecule has 0 aromatic carbocycles. The number of carbonyl (C=O) groups excluding carboxylic acids is 1. The maximum atomic E-state index is 11.7. The Labute approximate surface area is 166 Å². The van der Waals surface area contributed by atoms with Gasteiger partial charge in [0.25, 0.3) is 0 Å². The van der Waals surface area contributed by atoms with E-state index in [4.69, 9.17) is 4.74 Å². The summed E-state index contributed by atoms with van der Waals surface area (Å²) >= 11 is 0. The molecule has 1 aliphatic rings. The van der Waals surface area contributed by atoms with Gasteiger partial charge in [0, 0.05) is 0 Å². The van der Waals surface area contributed by atoms with Gasteiger partial charge >= 0.3 is 5.97 Å². The number of unbranched alkanes of at least 4 members (excludes halogenated alkanes) is 5. The van der Waals surface area contributed by atoms with E-state index in [2.05, 4.69) is 31.2 Å². The van der Waals surface area contributed by atoms with E-state index in [9.17, 15) is 9.90 Å². The van der Waals surface area contributed by atoms with Gasteiger partial charge in [0.15, 0.2) is 0 Å². The summed E-state index contributed by atoms with van der Waals surface area (Å²) in [5, 5.41) is 9.98. The second kappa shape index (κ2) is 15.7. The number of methoxy groups -OCH3 is 1. The summed E-state index contributed by atoms with van der Waals surface area (Å²) in [5.74, 6) is 0.528. The van der Waals surface area contributed by atoms with Crippen LogP contribution in [-0.4, -0.2) is 24.3 Å². The normalized spacial score (nSPS) is 17.1. The van der Waals surface area contributed by atoms with Crippen molar-refractivity contribution < 1.29 is 14.6 Å². The number of allylic oxidation sites excluding steroid dienone is 4. The molecule has 3 heteroatoms. The molecular formula is C24H40O3. The van der Waals surface area contributed by atoms with Crippen LogP contribution in [0.4, 0.5) is 0 Å². The zero-order valence-corrected chi connectivity index (χ0v) is 17.4. The van der Waals surface area contributed by atoms with Gasteiger partial charge in [0.1, 0.15) is 0 Å². The second-order valence-corrected chi connectivity index (χ2v) is 7.65. The average Bonchev–Trinajstić information content (AvgIpc) is 3.50. The number of hydrogen-bond donors (Lipinski definition) is 1. The molecule has 1 unspecified atom stereocenters. The third-order valence-corrected chi connectivity index (χ3v) is 5.12. The van der Waals surface area contributed by atoms with Gasteiger partial charge in [-0.1, -0.05) is 56.2 Å². The molecule has 0 saturated heterocycles. The number of ether oxygens (including phenoxy) is 1. The molecule has 0 radical (unpaired) electrons. The zero-order valence-electron chi connectivity index (χ0n) is 17.4. The van der Waals surface area contributed by atoms with E-state index in [-0.39, 0.29) is 11.9 Å². The number of rotatable bonds is 16. The van der Waals surface area contributed by atoms with E-state index in [1.54, 1.807) is 0 Å². The van der Waals surface area contributed by atoms with Gasteiger partial charge in [-0.3, -0.25) is 4.79 Å². The van der Waals surface area contributed by atoms with Crippen molar-refractivity contribution in [3.63, 3.8) is 0 Å². The zero-order chi connectivity index (χ0) is 19.7. The van der Waals surface area contributed by atoms with Crippen LogP contribution in [0, 0.1) is 11.8 Å². The van der Waals surface area contributed by atoms with Gasteiger partial charge in [0.2, 0.25) is 0 Å². The summed E-state index contributed by atoms with van der Waals surface area (Å²) < 4.78 is 4.89. The predicted molar refractivity (Wildman–Crippen MR) is 114 cm³/mol. The standard InChI is InChI=1S/C24H40O3/c1-3-4-5-6-7-8-9-10-11-13-16-22(25)17-14-12-15-18-23(21-19-20-21)24(26)27-2/h7-8,12-14,16,21-23,25H,3-6,9-11,15,17-20H2,1-2H3/b8-7-,14-12-,16-13+/t22-,23?/m1/s1. The molecule has 27 heavy (non-hydrogen) atoms. The minimum atomic E-state index is -0.411. The second-order valence-electron chi connectivity index (χ2n) is 7.65. The highest BCUT2D eigenvalue weighted by Crippen LogP contribution is 2.39. The number of esters is 1. The maximum absolute atomic E-state index is 11.7. The monoisotopic (exact) mass is 376 g/mol. The topological polar surface area (TPSA) is 46.5 Å². The highest BCUT2D eigenvalue weighted by Gasteiger charge is 2.36. The lowest BCUT2D eigenvalue weighted by molar-refractivity contribution is -0.146. The summed E-state index contributed by atoms with van der Waals surface area (Å²) in [6.07, 6.45) is 25.3. The molecule has 0 spiro atoms. The number of aliphatic hydroxyl groups excluding tert-OH is 1. The van der Waals surface area contributed by atoms with Crippen molar-refractivity contribution in [2.24, 2.45) is 11.8 Å². The number of aliphatic hydroxyl groups is 1. The van der Waals surface area contributed by atoms with Crippen LogP contribution in [0.5, 0.6) is 0 Å². The largest absolute Gasteiger partial charge is 0.469 e. The van der Waals surface area contributed by atoms with Crippen molar-refractivity contribution >= 4 is 5.97 Å². The lowest BCUT2D eigenvalue weighted by atomic mass is 9.97. The van der Waals surface area contributed by atoms with Crippen LogP contribution in [-0.2, 0) is 9.53 Å². The minimum Gasteiger partial charge on any atom is -0.469 e. The molecule has 1 N–H and O–H groups in total. The van der Waals surface area contributed by atoms with Crippen LogP contribution in [0.3, 0.4) is 0 Å². The average molecular weight is 377 g/mol. The van der Waals surface area contributed by atoms with Gasteiger partial charge in [-0.15, -0.1) is 0 Å². The van der Waals surface area contributed by atoms with Crippen molar-refractivity contribution in [3.05, 3.63) is 36.5 Å². The van der Waals surface area contributed by atoms with Gasteiger partial charge in [0.05, 0.1) is 19.1 Å². The first kappa shape index (κ1) is 23.7. The Balaban J connectivity index is 2.03. The smallest absolute Gasteiger partial charge is 0.308 e. The van der Waals surface area contributed by atoms with Crippen LogP contribution >= 0.6 is 0 Å². The molecule has 1 aliphatic carbocycles. The van der Waals surface area contributed by atoms with E-state index >= 15 is 0 Å². The van der Waals surface area contributed by atoms with Crippen molar-refractivity contribution in [2.45, 2.75) is 90.1 Å². The fraction of sp³-hybridized carbons (Fsp3) is 0.708. The molecule has 154 valence electrons. The van der Waals surface area contributed by atoms with Crippen molar-refractivity contribution in [3.8, 4) is 0 Å². The maximum Gasteiger partial charge on any atom is 0.308 e. The fourth-order valence-corrected chi connectivity index (χ4v) is 3.26. The first-order valence-corrected chi connectivity index (χ1v) is 10.9. The Bertz CT molecular complexity index is 460. The Morgan fingerprint density at radius 1 is 1.00 bits per heavy atom. The Hall–Kier alpha value is -1.35. The summed E-state index contributed by atoms with van der Waals surface area (Å²) in [6, 6.07) is 0. The lowest BCUT2D eigenvalue weighted by Crippen LogP contribution is -2.17. The molecule has 0 aromatic rings. The number of hydrogen-bond acceptors (Lipinski definition) is 3. The molecular weight excluding hydrogens is 336 g/mol. The van der Waals surface area contributed by atoms with Crippen LogP contribution in [0.2, 0.25) is 0 Å². The highest BCUT2D eigenvalue weighted by molar-refractivity contribution is 5.73. The first-order chi connectivity index (χ1) is 13.2. The molecule has 3 nitrogen and oxygen atoms in total. The Kier molecular flexibility index (Phi) is 13.8. The summed E-state index contributed by atoms with van der Waals surface area (Å²) in [7, 11) is 1.47. The van der Waals surface area contributed by atoms with E-state index in [0.29, 0.717) is 12.3 Å². The van der Waals surface area contributed by atoms with E-state index in [1.807, 2.05) is 12.2 Å². The third-order valence-electron chi connectivity index (χ3n) is 5.12. The molecule has 2 atom stereocenters. The summed E-state index contributed by atoms with van der Waals surface area (Å²) in [4.78, 5) is 11.7. The van der Waals surface area contributed by atoms with E-state index in [1.165, 1.54) is 32.8 Å². The lowest BCUT2D eigenvalue weighted by Gasteiger charge is -2.11. The molecule has 0 bridgehead atoms. The molecule has 0 amide bonds. The van der Waals surface area contributed by atoms with Gasteiger partial charge in [-0.05, 0) is 70.1 Å². The van der Waals surface area contributed by atoms with Gasteiger partial charge < -0.3 is 9.84 Å². The Morgan fingerprint density at radius 2 is 1.67 bits per heavy atom. The molecule has 0 heterocycles. The highest BCUT2D eigenvalue weighted by atomic mass is 16.5. The van der Waals surface area contributed by atoms with Gasteiger partial charge in [-0.25, -0.2) is 0 Å². The molecule has 1 rings (SSSR count). The van der Waals surface area contributed by atoms with Crippen LogP contribution < -0.4 is 0 Å². The molecule has 1 saturated carbocycles. The predicted octanol–water partition coefficient (Wildman–Crippen LogP) is 6.14. The SMILES string of the molecule is CCCCC/C=C\CCC/C=C/[C@@H](O)C/C=C\CCC(C(=O)OC)C1CC1. The summed E-state index contributed by atoms with van der Waals surface area (Å²) in [5.41, 5.74) is 0. The number of carbonyl (C=O) groups is 1. The minimum absolute atomic E-state index is 0.0603. The Morgan fingerprint density at radius 3 is 2.33 bits per heavy atom. The van der Waals surface area contributed by atoms with Crippen molar-refractivity contribution in [1.29, 1.82) is 0 Å². The summed E-state index contributed by atoms with van der Waals surface area (Å²) in [6.45, 7) is 2.23.